The van der Waals surface area contributed by atoms with Gasteiger partial charge in [-0.25, -0.2) is 0 Å². The van der Waals surface area contributed by atoms with Crippen molar-refractivity contribution in [2.75, 3.05) is 19.6 Å². The normalized spacial score (nSPS) is 12.5. The third-order valence-corrected chi connectivity index (χ3v) is 1.53. The molecular weight excluding hydrogens is 140 g/mol. The van der Waals surface area contributed by atoms with E-state index in [1.54, 1.807) is 0 Å². The zero-order valence-electron chi connectivity index (χ0n) is 7.08. The van der Waals surface area contributed by atoms with Crippen molar-refractivity contribution >= 4 is 6.29 Å². The van der Waals surface area contributed by atoms with Gasteiger partial charge in [-0.05, 0) is 13.5 Å². The second kappa shape index (κ2) is 5.87. The second-order valence-corrected chi connectivity index (χ2v) is 2.55. The van der Waals surface area contributed by atoms with E-state index in [4.69, 9.17) is 5.26 Å². The first-order valence-electron chi connectivity index (χ1n) is 3.80. The standard InChI is InChI=1S/C8H14N2O/c1-3-10(4-5-11)7-8(2)6-9/h5,8H,3-4,7H2,1-2H3. The molecule has 0 N–H and O–H groups in total. The van der Waals surface area contributed by atoms with Gasteiger partial charge in [-0.3, -0.25) is 4.90 Å². The van der Waals surface area contributed by atoms with E-state index in [-0.39, 0.29) is 5.92 Å². The van der Waals surface area contributed by atoms with E-state index in [1.807, 2.05) is 18.7 Å². The summed E-state index contributed by atoms with van der Waals surface area (Å²) in [4.78, 5) is 12.1. The molecule has 0 rings (SSSR count). The molecular formula is C8H14N2O. The van der Waals surface area contributed by atoms with E-state index in [1.165, 1.54) is 0 Å². The van der Waals surface area contributed by atoms with Gasteiger partial charge < -0.3 is 4.79 Å². The van der Waals surface area contributed by atoms with Crippen molar-refractivity contribution in [3.05, 3.63) is 0 Å². The summed E-state index contributed by atoms with van der Waals surface area (Å²) in [6, 6.07) is 2.13. The summed E-state index contributed by atoms with van der Waals surface area (Å²) in [7, 11) is 0. The van der Waals surface area contributed by atoms with Gasteiger partial charge in [0, 0.05) is 6.54 Å². The number of aldehydes is 1. The number of carbonyl (C=O) groups excluding carboxylic acids is 1. The molecule has 0 aliphatic rings. The summed E-state index contributed by atoms with van der Waals surface area (Å²) >= 11 is 0. The van der Waals surface area contributed by atoms with Crippen molar-refractivity contribution in [3.8, 4) is 6.07 Å². The maximum absolute atomic E-state index is 10.1. The van der Waals surface area contributed by atoms with Gasteiger partial charge in [0.05, 0.1) is 18.5 Å². The van der Waals surface area contributed by atoms with Gasteiger partial charge in [0.1, 0.15) is 6.29 Å². The molecule has 0 amide bonds. The molecule has 0 aliphatic heterocycles. The Bertz CT molecular complexity index is 151. The van der Waals surface area contributed by atoms with Gasteiger partial charge in [0.2, 0.25) is 0 Å². The van der Waals surface area contributed by atoms with Crippen molar-refractivity contribution in [1.29, 1.82) is 5.26 Å². The average Bonchev–Trinajstić information content (AvgIpc) is 2.03. The number of carbonyl (C=O) groups is 1. The first-order valence-corrected chi connectivity index (χ1v) is 3.80. The lowest BCUT2D eigenvalue weighted by Gasteiger charge is -2.17. The molecule has 0 aliphatic carbocycles. The number of hydrogen-bond acceptors (Lipinski definition) is 3. The Morgan fingerprint density at radius 3 is 2.73 bits per heavy atom. The predicted molar refractivity (Wildman–Crippen MR) is 43.0 cm³/mol. The fourth-order valence-electron chi connectivity index (χ4n) is 0.866. The quantitative estimate of drug-likeness (QED) is 0.546. The summed E-state index contributed by atoms with van der Waals surface area (Å²) in [5.74, 6) is 0.00917. The van der Waals surface area contributed by atoms with Crippen LogP contribution >= 0.6 is 0 Å². The van der Waals surface area contributed by atoms with Gasteiger partial charge >= 0.3 is 0 Å². The topological polar surface area (TPSA) is 44.1 Å². The Morgan fingerprint density at radius 1 is 1.73 bits per heavy atom. The van der Waals surface area contributed by atoms with Crippen molar-refractivity contribution in [2.24, 2.45) is 5.92 Å². The first kappa shape index (κ1) is 10.1. The van der Waals surface area contributed by atoms with Gasteiger partial charge in [-0.15, -0.1) is 0 Å². The Kier molecular flexibility index (Phi) is 5.40. The molecule has 1 unspecified atom stereocenters. The molecule has 0 radical (unpaired) electrons. The SMILES string of the molecule is CCN(CC=O)CC(C)C#N. The van der Waals surface area contributed by atoms with Crippen LogP contribution < -0.4 is 0 Å². The molecule has 0 saturated heterocycles. The minimum Gasteiger partial charge on any atom is -0.302 e. The highest BCUT2D eigenvalue weighted by atomic mass is 16.1. The number of nitrogens with zero attached hydrogens (tertiary/aromatic N) is 2. The van der Waals surface area contributed by atoms with Crippen LogP contribution in [-0.4, -0.2) is 30.8 Å². The van der Waals surface area contributed by atoms with E-state index < -0.39 is 0 Å². The van der Waals surface area contributed by atoms with E-state index in [9.17, 15) is 4.79 Å². The van der Waals surface area contributed by atoms with Crippen LogP contribution in [0.3, 0.4) is 0 Å². The summed E-state index contributed by atoms with van der Waals surface area (Å²) in [6.45, 7) is 5.78. The Morgan fingerprint density at radius 2 is 2.36 bits per heavy atom. The van der Waals surface area contributed by atoms with Crippen LogP contribution in [0.1, 0.15) is 13.8 Å². The lowest BCUT2D eigenvalue weighted by molar-refractivity contribution is -0.108. The maximum Gasteiger partial charge on any atom is 0.133 e. The number of rotatable bonds is 5. The Labute approximate surface area is 67.6 Å². The summed E-state index contributed by atoms with van der Waals surface area (Å²) in [5.41, 5.74) is 0. The minimum atomic E-state index is 0.00917. The Balaban J connectivity index is 3.69. The van der Waals surface area contributed by atoms with Gasteiger partial charge in [-0.1, -0.05) is 6.92 Å². The molecule has 0 fully saturated rings. The number of hydrogen-bond donors (Lipinski definition) is 0. The third-order valence-electron chi connectivity index (χ3n) is 1.53. The zero-order chi connectivity index (χ0) is 8.69. The minimum absolute atomic E-state index is 0.00917. The van der Waals surface area contributed by atoms with E-state index >= 15 is 0 Å². The van der Waals surface area contributed by atoms with Crippen molar-refractivity contribution in [3.63, 3.8) is 0 Å². The molecule has 0 spiro atoms. The fraction of sp³-hybridized carbons (Fsp3) is 0.750. The molecule has 0 aromatic heterocycles. The number of nitriles is 1. The fourth-order valence-corrected chi connectivity index (χ4v) is 0.866. The van der Waals surface area contributed by atoms with Crippen LogP contribution in [0.4, 0.5) is 0 Å². The first-order chi connectivity index (χ1) is 5.24. The lowest BCUT2D eigenvalue weighted by Crippen LogP contribution is -2.29. The van der Waals surface area contributed by atoms with Crippen molar-refractivity contribution in [2.45, 2.75) is 13.8 Å². The molecule has 1 atom stereocenters. The zero-order valence-corrected chi connectivity index (χ0v) is 7.08. The van der Waals surface area contributed by atoms with Crippen LogP contribution in [0.25, 0.3) is 0 Å². The average molecular weight is 154 g/mol. The van der Waals surface area contributed by atoms with Crippen LogP contribution in [0.2, 0.25) is 0 Å². The molecule has 0 saturated carbocycles. The Hall–Kier alpha value is -0.880. The van der Waals surface area contributed by atoms with E-state index in [2.05, 4.69) is 6.07 Å². The van der Waals surface area contributed by atoms with Gasteiger partial charge in [0.25, 0.3) is 0 Å². The second-order valence-electron chi connectivity index (χ2n) is 2.55. The van der Waals surface area contributed by atoms with E-state index in [0.29, 0.717) is 13.1 Å². The molecule has 3 nitrogen and oxygen atoms in total. The smallest absolute Gasteiger partial charge is 0.133 e. The predicted octanol–water partition coefficient (Wildman–Crippen LogP) is 0.667. The van der Waals surface area contributed by atoms with Crippen LogP contribution in [0.5, 0.6) is 0 Å². The highest BCUT2D eigenvalue weighted by Gasteiger charge is 2.05. The molecule has 62 valence electrons. The molecule has 0 heterocycles. The lowest BCUT2D eigenvalue weighted by atomic mass is 10.2. The maximum atomic E-state index is 10.1. The number of likely N-dealkylation sites (N-methyl/N-ethyl adjacent to an activating group) is 1. The van der Waals surface area contributed by atoms with Crippen molar-refractivity contribution < 1.29 is 4.79 Å². The van der Waals surface area contributed by atoms with Crippen molar-refractivity contribution in [1.82, 2.24) is 4.90 Å². The third kappa shape index (κ3) is 4.51. The molecule has 0 bridgehead atoms. The monoisotopic (exact) mass is 154 g/mol. The van der Waals surface area contributed by atoms with Crippen LogP contribution in [0.15, 0.2) is 0 Å². The summed E-state index contributed by atoms with van der Waals surface area (Å²) in [5, 5.41) is 8.48. The highest BCUT2D eigenvalue weighted by Crippen LogP contribution is 1.96. The van der Waals surface area contributed by atoms with Gasteiger partial charge in [-0.2, -0.15) is 5.26 Å². The van der Waals surface area contributed by atoms with Crippen LogP contribution in [0, 0.1) is 17.2 Å². The van der Waals surface area contributed by atoms with Crippen LogP contribution in [-0.2, 0) is 4.79 Å². The highest BCUT2D eigenvalue weighted by molar-refractivity contribution is 5.51. The van der Waals surface area contributed by atoms with E-state index in [0.717, 1.165) is 12.8 Å². The molecule has 0 aromatic carbocycles. The summed E-state index contributed by atoms with van der Waals surface area (Å²) in [6.07, 6.45) is 0.869. The molecule has 3 heteroatoms. The largest absolute Gasteiger partial charge is 0.302 e. The molecule has 11 heavy (non-hydrogen) atoms. The van der Waals surface area contributed by atoms with Gasteiger partial charge in [0.15, 0.2) is 0 Å². The summed E-state index contributed by atoms with van der Waals surface area (Å²) < 4.78 is 0. The molecule has 0 aromatic rings.